The van der Waals surface area contributed by atoms with Gasteiger partial charge in [0.15, 0.2) is 0 Å². The molecule has 2 aromatic carbocycles. The normalized spacial score (nSPS) is 10.2. The Hall–Kier alpha value is -3.67. The van der Waals surface area contributed by atoms with Crippen LogP contribution in [0.25, 0.3) is 0 Å². The van der Waals surface area contributed by atoms with E-state index < -0.39 is 5.97 Å². The molecular formula is C22H21N3O3. The van der Waals surface area contributed by atoms with Gasteiger partial charge in [-0.15, -0.1) is 0 Å². The van der Waals surface area contributed by atoms with Gasteiger partial charge in [-0.25, -0.2) is 9.78 Å². The van der Waals surface area contributed by atoms with Crippen molar-refractivity contribution in [3.63, 3.8) is 0 Å². The summed E-state index contributed by atoms with van der Waals surface area (Å²) in [5.74, 6) is -0.0327. The number of anilines is 3. The van der Waals surface area contributed by atoms with Gasteiger partial charge in [-0.2, -0.15) is 0 Å². The van der Waals surface area contributed by atoms with Crippen LogP contribution in [0.3, 0.4) is 0 Å². The van der Waals surface area contributed by atoms with Crippen molar-refractivity contribution >= 4 is 29.1 Å². The number of benzene rings is 2. The number of hydrogen-bond donors (Lipinski definition) is 1. The highest BCUT2D eigenvalue weighted by molar-refractivity contribution is 6.06. The molecule has 1 heterocycles. The Labute approximate surface area is 163 Å². The number of carbonyl (C=O) groups excluding carboxylic acids is 2. The smallest absolute Gasteiger partial charge is 0.339 e. The molecule has 0 aliphatic heterocycles. The first-order valence-electron chi connectivity index (χ1n) is 8.91. The van der Waals surface area contributed by atoms with E-state index >= 15 is 0 Å². The van der Waals surface area contributed by atoms with Gasteiger partial charge in [0.2, 0.25) is 0 Å². The summed E-state index contributed by atoms with van der Waals surface area (Å²) in [6.07, 6.45) is 1.52. The van der Waals surface area contributed by atoms with E-state index in [-0.39, 0.29) is 5.91 Å². The first kappa shape index (κ1) is 19.1. The van der Waals surface area contributed by atoms with Gasteiger partial charge in [-0.3, -0.25) is 4.79 Å². The van der Waals surface area contributed by atoms with Crippen molar-refractivity contribution in [3.05, 3.63) is 84.1 Å². The van der Waals surface area contributed by atoms with Gasteiger partial charge in [-0.05, 0) is 43.3 Å². The number of ether oxygens (including phenoxy) is 1. The van der Waals surface area contributed by atoms with Gasteiger partial charge in [0.1, 0.15) is 5.82 Å². The number of hydrogen-bond acceptors (Lipinski definition) is 5. The van der Waals surface area contributed by atoms with Crippen LogP contribution in [0.15, 0.2) is 72.9 Å². The zero-order valence-electron chi connectivity index (χ0n) is 15.8. The minimum atomic E-state index is -0.434. The molecular weight excluding hydrogens is 354 g/mol. The molecule has 6 nitrogen and oxygen atoms in total. The van der Waals surface area contributed by atoms with E-state index in [1.807, 2.05) is 43.3 Å². The van der Waals surface area contributed by atoms with Crippen molar-refractivity contribution in [1.82, 2.24) is 4.98 Å². The van der Waals surface area contributed by atoms with Crippen molar-refractivity contribution in [2.45, 2.75) is 6.92 Å². The molecule has 0 spiro atoms. The predicted octanol–water partition coefficient (Wildman–Crippen LogP) is 4.28. The predicted molar refractivity (Wildman–Crippen MR) is 109 cm³/mol. The molecule has 0 saturated carbocycles. The maximum atomic E-state index is 12.8. The Morgan fingerprint density at radius 3 is 2.36 bits per heavy atom. The number of nitrogens with one attached hydrogen (secondary N) is 1. The van der Waals surface area contributed by atoms with E-state index in [1.165, 1.54) is 13.3 Å². The highest BCUT2D eigenvalue weighted by Gasteiger charge is 2.17. The Morgan fingerprint density at radius 2 is 1.71 bits per heavy atom. The minimum Gasteiger partial charge on any atom is -0.465 e. The standard InChI is InChI=1S/C22H21N3O3/c1-3-25(17-9-5-4-6-10-17)21(26)16-13-14-20(23-15-16)24-19-12-8-7-11-18(19)22(27)28-2/h4-15H,3H2,1-2H3,(H,23,24). The summed E-state index contributed by atoms with van der Waals surface area (Å²) in [7, 11) is 1.34. The first-order chi connectivity index (χ1) is 13.6. The zero-order valence-corrected chi connectivity index (χ0v) is 15.8. The lowest BCUT2D eigenvalue weighted by Crippen LogP contribution is -2.30. The molecule has 0 atom stereocenters. The molecule has 1 N–H and O–H groups in total. The number of amides is 1. The second-order valence-electron chi connectivity index (χ2n) is 5.98. The van der Waals surface area contributed by atoms with E-state index in [2.05, 4.69) is 10.3 Å². The fraction of sp³-hybridized carbons (Fsp3) is 0.136. The Bertz CT molecular complexity index is 956. The molecule has 6 heteroatoms. The maximum Gasteiger partial charge on any atom is 0.339 e. The third kappa shape index (κ3) is 4.17. The van der Waals surface area contributed by atoms with Gasteiger partial charge in [0.05, 0.1) is 23.9 Å². The highest BCUT2D eigenvalue weighted by Crippen LogP contribution is 2.21. The molecule has 142 valence electrons. The van der Waals surface area contributed by atoms with Gasteiger partial charge in [0.25, 0.3) is 5.91 Å². The second-order valence-corrected chi connectivity index (χ2v) is 5.98. The number of para-hydroxylation sites is 2. The van der Waals surface area contributed by atoms with Crippen LogP contribution in [0, 0.1) is 0 Å². The van der Waals surface area contributed by atoms with E-state index in [0.29, 0.717) is 29.2 Å². The summed E-state index contributed by atoms with van der Waals surface area (Å²) in [5.41, 5.74) is 2.32. The average molecular weight is 375 g/mol. The maximum absolute atomic E-state index is 12.8. The van der Waals surface area contributed by atoms with Gasteiger partial charge >= 0.3 is 5.97 Å². The number of carbonyl (C=O) groups is 2. The molecule has 0 aliphatic carbocycles. The SMILES string of the molecule is CCN(C(=O)c1ccc(Nc2ccccc2C(=O)OC)nc1)c1ccccc1. The molecule has 0 bridgehead atoms. The summed E-state index contributed by atoms with van der Waals surface area (Å²) in [6, 6.07) is 19.9. The summed E-state index contributed by atoms with van der Waals surface area (Å²) < 4.78 is 4.80. The molecule has 1 amide bonds. The number of esters is 1. The molecule has 0 fully saturated rings. The lowest BCUT2D eigenvalue weighted by atomic mass is 10.1. The van der Waals surface area contributed by atoms with Crippen LogP contribution in [-0.4, -0.2) is 30.5 Å². The zero-order chi connectivity index (χ0) is 19.9. The molecule has 0 unspecified atom stereocenters. The van der Waals surface area contributed by atoms with Crippen molar-refractivity contribution in [2.75, 3.05) is 23.9 Å². The van der Waals surface area contributed by atoms with Crippen LogP contribution >= 0.6 is 0 Å². The van der Waals surface area contributed by atoms with Gasteiger partial charge in [0, 0.05) is 18.4 Å². The summed E-state index contributed by atoms with van der Waals surface area (Å²) in [5, 5.41) is 3.09. The lowest BCUT2D eigenvalue weighted by molar-refractivity contribution is 0.0601. The Kier molecular flexibility index (Phi) is 6.01. The van der Waals surface area contributed by atoms with E-state index in [4.69, 9.17) is 4.74 Å². The quantitative estimate of drug-likeness (QED) is 0.651. The summed E-state index contributed by atoms with van der Waals surface area (Å²) in [6.45, 7) is 2.48. The molecule has 3 rings (SSSR count). The number of aromatic nitrogens is 1. The van der Waals surface area contributed by atoms with Gasteiger partial charge < -0.3 is 15.0 Å². The van der Waals surface area contributed by atoms with Crippen molar-refractivity contribution in [2.24, 2.45) is 0 Å². The molecule has 1 aromatic heterocycles. The van der Waals surface area contributed by atoms with Crippen LogP contribution < -0.4 is 10.2 Å². The monoisotopic (exact) mass is 375 g/mol. The third-order valence-electron chi connectivity index (χ3n) is 4.23. The third-order valence-corrected chi connectivity index (χ3v) is 4.23. The van der Waals surface area contributed by atoms with Crippen molar-refractivity contribution in [3.8, 4) is 0 Å². The van der Waals surface area contributed by atoms with Crippen molar-refractivity contribution in [1.29, 1.82) is 0 Å². The van der Waals surface area contributed by atoms with Gasteiger partial charge in [-0.1, -0.05) is 30.3 Å². The lowest BCUT2D eigenvalue weighted by Gasteiger charge is -2.21. The van der Waals surface area contributed by atoms with Crippen LogP contribution in [0.5, 0.6) is 0 Å². The molecule has 0 radical (unpaired) electrons. The second kappa shape index (κ2) is 8.81. The van der Waals surface area contributed by atoms with Crippen LogP contribution in [0.2, 0.25) is 0 Å². The number of pyridine rings is 1. The van der Waals surface area contributed by atoms with Crippen LogP contribution in [0.1, 0.15) is 27.6 Å². The van der Waals surface area contributed by atoms with E-state index in [9.17, 15) is 9.59 Å². The summed E-state index contributed by atoms with van der Waals surface area (Å²) >= 11 is 0. The number of nitrogens with zero attached hydrogens (tertiary/aromatic N) is 2. The summed E-state index contributed by atoms with van der Waals surface area (Å²) in [4.78, 5) is 30.7. The van der Waals surface area contributed by atoms with Crippen LogP contribution in [0.4, 0.5) is 17.2 Å². The number of rotatable bonds is 6. The van der Waals surface area contributed by atoms with E-state index in [1.54, 1.807) is 35.2 Å². The fourth-order valence-electron chi connectivity index (χ4n) is 2.82. The van der Waals surface area contributed by atoms with E-state index in [0.717, 1.165) is 5.69 Å². The molecule has 0 aliphatic rings. The molecule has 0 saturated heterocycles. The van der Waals surface area contributed by atoms with Crippen LogP contribution in [-0.2, 0) is 4.74 Å². The first-order valence-corrected chi connectivity index (χ1v) is 8.91. The topological polar surface area (TPSA) is 71.5 Å². The molecule has 28 heavy (non-hydrogen) atoms. The highest BCUT2D eigenvalue weighted by atomic mass is 16.5. The Balaban J connectivity index is 1.79. The average Bonchev–Trinajstić information content (AvgIpc) is 2.75. The number of methoxy groups -OCH3 is 1. The fourth-order valence-corrected chi connectivity index (χ4v) is 2.82. The Morgan fingerprint density at radius 1 is 1.00 bits per heavy atom. The minimum absolute atomic E-state index is 0.122. The largest absolute Gasteiger partial charge is 0.465 e. The van der Waals surface area contributed by atoms with Crippen molar-refractivity contribution < 1.29 is 14.3 Å². The molecule has 3 aromatic rings.